The van der Waals surface area contributed by atoms with E-state index in [-0.39, 0.29) is 10.4 Å². The molecule has 0 aliphatic heterocycles. The standard InChI is InChI=1S/C18H16N2O4S/c1-3-24-14-7-5-4-6-12(14)8-9-13-11(2)16(21)20-10-15(17(22)23)25-18(20)19-13/h4-10H,3H2,1-2H3,(H,22,23). The third-order valence-corrected chi connectivity index (χ3v) is 4.61. The maximum Gasteiger partial charge on any atom is 0.347 e. The van der Waals surface area contributed by atoms with Crippen LogP contribution in [0.25, 0.3) is 17.1 Å². The molecule has 1 N–H and O–H groups in total. The molecule has 0 atom stereocenters. The number of carbonyl (C=O) groups is 1. The zero-order valence-corrected chi connectivity index (χ0v) is 14.5. The molecule has 0 fully saturated rings. The Morgan fingerprint density at radius 1 is 1.36 bits per heavy atom. The third kappa shape index (κ3) is 3.32. The first kappa shape index (κ1) is 16.9. The van der Waals surface area contributed by atoms with Crippen LogP contribution in [0.3, 0.4) is 0 Å². The number of carboxylic acid groups (broad SMARTS) is 1. The number of hydrogen-bond acceptors (Lipinski definition) is 5. The third-order valence-electron chi connectivity index (χ3n) is 3.64. The Hall–Kier alpha value is -2.93. The lowest BCUT2D eigenvalue weighted by molar-refractivity contribution is 0.0701. The summed E-state index contributed by atoms with van der Waals surface area (Å²) in [5.41, 5.74) is 1.57. The van der Waals surface area contributed by atoms with Crippen LogP contribution in [-0.4, -0.2) is 27.1 Å². The molecule has 25 heavy (non-hydrogen) atoms. The minimum atomic E-state index is -1.07. The summed E-state index contributed by atoms with van der Waals surface area (Å²) in [6.07, 6.45) is 4.89. The predicted molar refractivity (Wildman–Crippen MR) is 97.6 cm³/mol. The van der Waals surface area contributed by atoms with Crippen molar-refractivity contribution in [2.45, 2.75) is 13.8 Å². The Labute approximate surface area is 147 Å². The Morgan fingerprint density at radius 3 is 2.84 bits per heavy atom. The maximum absolute atomic E-state index is 12.4. The number of para-hydroxylation sites is 1. The molecule has 2 aromatic heterocycles. The highest BCUT2D eigenvalue weighted by Crippen LogP contribution is 2.21. The Bertz CT molecular complexity index is 1030. The molecule has 0 aliphatic carbocycles. The number of carboxylic acids is 1. The molecule has 0 saturated heterocycles. The van der Waals surface area contributed by atoms with Crippen LogP contribution in [-0.2, 0) is 0 Å². The smallest absolute Gasteiger partial charge is 0.347 e. The second-order valence-corrected chi connectivity index (χ2v) is 6.29. The van der Waals surface area contributed by atoms with Gasteiger partial charge in [0.2, 0.25) is 0 Å². The zero-order valence-electron chi connectivity index (χ0n) is 13.7. The van der Waals surface area contributed by atoms with Gasteiger partial charge in [0.05, 0.1) is 12.3 Å². The first-order chi connectivity index (χ1) is 12.0. The summed E-state index contributed by atoms with van der Waals surface area (Å²) in [6.45, 7) is 4.15. The molecule has 1 aromatic carbocycles. The number of hydrogen-bond donors (Lipinski definition) is 1. The quantitative estimate of drug-likeness (QED) is 0.758. The monoisotopic (exact) mass is 356 g/mol. The van der Waals surface area contributed by atoms with E-state index in [1.807, 2.05) is 37.3 Å². The van der Waals surface area contributed by atoms with Crippen LogP contribution in [0.15, 0.2) is 35.3 Å². The molecule has 0 unspecified atom stereocenters. The molecule has 0 bridgehead atoms. The fourth-order valence-corrected chi connectivity index (χ4v) is 3.20. The highest BCUT2D eigenvalue weighted by Gasteiger charge is 2.14. The molecule has 0 radical (unpaired) electrons. The number of ether oxygens (including phenoxy) is 1. The first-order valence-electron chi connectivity index (χ1n) is 7.67. The fraction of sp³-hybridized carbons (Fsp3) is 0.167. The van der Waals surface area contributed by atoms with E-state index in [1.165, 1.54) is 10.6 Å². The number of benzene rings is 1. The fourth-order valence-electron chi connectivity index (χ4n) is 2.38. The molecule has 0 amide bonds. The number of rotatable bonds is 5. The topological polar surface area (TPSA) is 80.9 Å². The van der Waals surface area contributed by atoms with E-state index in [1.54, 1.807) is 13.0 Å². The number of thiazole rings is 1. The molecule has 0 spiro atoms. The first-order valence-corrected chi connectivity index (χ1v) is 8.49. The van der Waals surface area contributed by atoms with Gasteiger partial charge in [-0.1, -0.05) is 29.5 Å². The summed E-state index contributed by atoms with van der Waals surface area (Å²) in [7, 11) is 0. The Morgan fingerprint density at radius 2 is 2.12 bits per heavy atom. The van der Waals surface area contributed by atoms with Crippen LogP contribution >= 0.6 is 11.3 Å². The van der Waals surface area contributed by atoms with Crippen molar-refractivity contribution >= 4 is 34.4 Å². The van der Waals surface area contributed by atoms with E-state index >= 15 is 0 Å². The number of fused-ring (bicyclic) bond motifs is 1. The molecule has 7 heteroatoms. The van der Waals surface area contributed by atoms with Crippen molar-refractivity contribution < 1.29 is 14.6 Å². The molecular weight excluding hydrogens is 340 g/mol. The van der Waals surface area contributed by atoms with Gasteiger partial charge in [-0.05, 0) is 32.1 Å². The van der Waals surface area contributed by atoms with E-state index in [4.69, 9.17) is 9.84 Å². The lowest BCUT2D eigenvalue weighted by atomic mass is 10.1. The second-order valence-electron chi connectivity index (χ2n) is 5.28. The van der Waals surface area contributed by atoms with Crippen LogP contribution in [0.4, 0.5) is 0 Å². The van der Waals surface area contributed by atoms with Crippen LogP contribution < -0.4 is 10.3 Å². The van der Waals surface area contributed by atoms with Gasteiger partial charge < -0.3 is 9.84 Å². The van der Waals surface area contributed by atoms with Crippen LogP contribution in [0.5, 0.6) is 5.75 Å². The highest BCUT2D eigenvalue weighted by atomic mass is 32.1. The molecule has 0 aliphatic rings. The summed E-state index contributed by atoms with van der Waals surface area (Å²) >= 11 is 0.969. The van der Waals surface area contributed by atoms with Gasteiger partial charge in [-0.15, -0.1) is 0 Å². The molecule has 3 aromatic rings. The Kier molecular flexibility index (Phi) is 4.67. The van der Waals surface area contributed by atoms with Crippen molar-refractivity contribution in [1.82, 2.24) is 9.38 Å². The minimum absolute atomic E-state index is 0.0758. The average Bonchev–Trinajstić information content (AvgIpc) is 3.03. The normalized spacial score (nSPS) is 11.3. The summed E-state index contributed by atoms with van der Waals surface area (Å²) in [4.78, 5) is 28.4. The average molecular weight is 356 g/mol. The predicted octanol–water partition coefficient (Wildman–Crippen LogP) is 3.33. The van der Waals surface area contributed by atoms with Crippen LogP contribution in [0.2, 0.25) is 0 Å². The molecule has 0 saturated carbocycles. The van der Waals surface area contributed by atoms with Gasteiger partial charge in [-0.25, -0.2) is 9.78 Å². The van der Waals surface area contributed by atoms with Crippen molar-refractivity contribution in [3.8, 4) is 5.75 Å². The zero-order chi connectivity index (χ0) is 18.0. The van der Waals surface area contributed by atoms with Gasteiger partial charge in [0, 0.05) is 17.3 Å². The summed E-state index contributed by atoms with van der Waals surface area (Å²) in [6, 6.07) is 7.58. The Balaban J connectivity index is 2.06. The van der Waals surface area contributed by atoms with Gasteiger partial charge in [0.1, 0.15) is 10.6 Å². The van der Waals surface area contributed by atoms with Gasteiger partial charge in [-0.3, -0.25) is 9.20 Å². The summed E-state index contributed by atoms with van der Waals surface area (Å²) < 4.78 is 6.85. The maximum atomic E-state index is 12.4. The van der Waals surface area contributed by atoms with Crippen LogP contribution in [0, 0.1) is 6.92 Å². The summed E-state index contributed by atoms with van der Waals surface area (Å²) in [5, 5.41) is 9.09. The van der Waals surface area contributed by atoms with Crippen molar-refractivity contribution in [3.05, 3.63) is 62.5 Å². The van der Waals surface area contributed by atoms with Crippen molar-refractivity contribution in [3.63, 3.8) is 0 Å². The highest BCUT2D eigenvalue weighted by molar-refractivity contribution is 7.18. The van der Waals surface area contributed by atoms with Gasteiger partial charge in [-0.2, -0.15) is 0 Å². The van der Waals surface area contributed by atoms with Gasteiger partial charge in [0.15, 0.2) is 4.96 Å². The number of nitrogens with zero attached hydrogens (tertiary/aromatic N) is 2. The van der Waals surface area contributed by atoms with Crippen LogP contribution in [0.1, 0.15) is 33.4 Å². The van der Waals surface area contributed by atoms with E-state index < -0.39 is 5.97 Å². The van der Waals surface area contributed by atoms with Gasteiger partial charge in [0.25, 0.3) is 5.56 Å². The largest absolute Gasteiger partial charge is 0.493 e. The summed E-state index contributed by atoms with van der Waals surface area (Å²) in [5.74, 6) is -0.323. The van der Waals surface area contributed by atoms with E-state index in [2.05, 4.69) is 4.98 Å². The molecule has 128 valence electrons. The molecule has 2 heterocycles. The van der Waals surface area contributed by atoms with E-state index in [0.717, 1.165) is 22.6 Å². The van der Waals surface area contributed by atoms with Crippen molar-refractivity contribution in [1.29, 1.82) is 0 Å². The van der Waals surface area contributed by atoms with Crippen molar-refractivity contribution in [2.75, 3.05) is 6.61 Å². The number of aromatic carboxylic acids is 1. The second kappa shape index (κ2) is 6.90. The minimum Gasteiger partial charge on any atom is -0.493 e. The molecule has 3 rings (SSSR count). The van der Waals surface area contributed by atoms with E-state index in [0.29, 0.717) is 22.8 Å². The SMILES string of the molecule is CCOc1ccccc1C=Cc1nc2sc(C(=O)O)cn2c(=O)c1C. The lowest BCUT2D eigenvalue weighted by Crippen LogP contribution is -2.17. The molecular formula is C18H16N2O4S. The lowest BCUT2D eigenvalue weighted by Gasteiger charge is -2.06. The number of aromatic nitrogens is 2. The van der Waals surface area contributed by atoms with Gasteiger partial charge >= 0.3 is 5.97 Å². The van der Waals surface area contributed by atoms with E-state index in [9.17, 15) is 9.59 Å². The van der Waals surface area contributed by atoms with Crippen molar-refractivity contribution in [2.24, 2.45) is 0 Å². The molecule has 6 nitrogen and oxygen atoms in total.